The number of halogens is 2. The number of rotatable bonds is 4. The topological polar surface area (TPSA) is 58.8 Å². The van der Waals surface area contributed by atoms with E-state index in [9.17, 15) is 4.79 Å². The fourth-order valence-corrected chi connectivity index (χ4v) is 3.72. The van der Waals surface area contributed by atoms with Crippen molar-refractivity contribution in [3.63, 3.8) is 0 Å². The molecule has 2 heterocycles. The molecule has 4 atom stereocenters. The van der Waals surface area contributed by atoms with Gasteiger partial charge < -0.3 is 15.4 Å². The predicted molar refractivity (Wildman–Crippen MR) is 98.4 cm³/mol. The normalized spacial score (nSPS) is 29.8. The number of carbonyl (C=O) groups is 1. The first-order valence-corrected chi connectivity index (χ1v) is 8.30. The van der Waals surface area contributed by atoms with Gasteiger partial charge in [-0.05, 0) is 38.6 Å². The summed E-state index contributed by atoms with van der Waals surface area (Å²) >= 11 is 0. The number of nitrogens with zero attached hydrogens (tertiary/aromatic N) is 2. The summed E-state index contributed by atoms with van der Waals surface area (Å²) in [6.07, 6.45) is 1.43. The number of hydrogen-bond acceptors (Lipinski definition) is 4. The molecule has 0 saturated carbocycles. The van der Waals surface area contributed by atoms with Crippen LogP contribution >= 0.6 is 24.8 Å². The van der Waals surface area contributed by atoms with E-state index >= 15 is 0 Å². The average Bonchev–Trinajstić information content (AvgIpc) is 2.85. The van der Waals surface area contributed by atoms with Gasteiger partial charge in [0.25, 0.3) is 0 Å². The minimum absolute atomic E-state index is 0. The third kappa shape index (κ3) is 5.75. The highest BCUT2D eigenvalue weighted by molar-refractivity contribution is 5.85. The number of nitrogens with two attached hydrogens (primary N) is 1. The molecule has 0 spiro atoms. The van der Waals surface area contributed by atoms with E-state index in [4.69, 9.17) is 10.5 Å². The van der Waals surface area contributed by atoms with Gasteiger partial charge in [-0.25, -0.2) is 0 Å². The van der Waals surface area contributed by atoms with Gasteiger partial charge in [0.05, 0.1) is 18.2 Å². The Balaban J connectivity index is 0.00000242. The average molecular weight is 370 g/mol. The fraction of sp³-hybridized carbons (Fsp3) is 0.938. The Bertz CT molecular complexity index is 361. The van der Waals surface area contributed by atoms with Crippen molar-refractivity contribution < 1.29 is 9.53 Å². The molecule has 0 aromatic rings. The van der Waals surface area contributed by atoms with Crippen LogP contribution in [0.3, 0.4) is 0 Å². The molecule has 0 aliphatic carbocycles. The molecule has 0 aromatic carbocycles. The highest BCUT2D eigenvalue weighted by Crippen LogP contribution is 2.23. The molecule has 138 valence electrons. The zero-order valence-corrected chi connectivity index (χ0v) is 16.4. The summed E-state index contributed by atoms with van der Waals surface area (Å²) in [7, 11) is 0. The molecule has 0 aromatic heterocycles. The Morgan fingerprint density at radius 2 is 1.74 bits per heavy atom. The Labute approximate surface area is 153 Å². The molecule has 2 saturated heterocycles. The minimum Gasteiger partial charge on any atom is -0.373 e. The van der Waals surface area contributed by atoms with Gasteiger partial charge in [-0.3, -0.25) is 9.69 Å². The van der Waals surface area contributed by atoms with E-state index in [1.165, 1.54) is 0 Å². The third-order valence-corrected chi connectivity index (χ3v) is 4.66. The van der Waals surface area contributed by atoms with Crippen molar-refractivity contribution in [3.8, 4) is 0 Å². The molecule has 4 unspecified atom stereocenters. The van der Waals surface area contributed by atoms with Crippen LogP contribution in [-0.2, 0) is 9.53 Å². The molecule has 2 aliphatic rings. The molecule has 0 radical (unpaired) electrons. The lowest BCUT2D eigenvalue weighted by Gasteiger charge is -2.42. The van der Waals surface area contributed by atoms with Crippen LogP contribution in [-0.4, -0.2) is 66.7 Å². The zero-order valence-electron chi connectivity index (χ0n) is 14.7. The Morgan fingerprint density at radius 1 is 1.17 bits per heavy atom. The largest absolute Gasteiger partial charge is 0.373 e. The van der Waals surface area contributed by atoms with Gasteiger partial charge in [0.15, 0.2) is 0 Å². The number of ether oxygens (including phenoxy) is 1. The standard InChI is InChI=1S/C16H31N3O2.2ClH/c1-11(2)15(19-8-12(3)21-13(4)9-19)16(20)18-6-5-14(7-17)10-18;;/h11-15H,5-10,17H2,1-4H3;2*1H. The van der Waals surface area contributed by atoms with Crippen LogP contribution in [0.5, 0.6) is 0 Å². The molecule has 2 rings (SSSR count). The summed E-state index contributed by atoms with van der Waals surface area (Å²) in [5.41, 5.74) is 5.75. The van der Waals surface area contributed by atoms with E-state index in [0.717, 1.165) is 32.6 Å². The molecule has 0 bridgehead atoms. The maximum atomic E-state index is 13.0. The van der Waals surface area contributed by atoms with Crippen LogP contribution in [0.4, 0.5) is 0 Å². The van der Waals surface area contributed by atoms with Gasteiger partial charge in [0.1, 0.15) is 0 Å². The third-order valence-electron chi connectivity index (χ3n) is 4.66. The molecule has 2 fully saturated rings. The summed E-state index contributed by atoms with van der Waals surface area (Å²) < 4.78 is 5.80. The van der Waals surface area contributed by atoms with E-state index in [1.807, 2.05) is 4.90 Å². The molecule has 23 heavy (non-hydrogen) atoms. The Morgan fingerprint density at radius 3 is 2.17 bits per heavy atom. The molecule has 2 N–H and O–H groups in total. The van der Waals surface area contributed by atoms with Crippen molar-refractivity contribution in [2.24, 2.45) is 17.6 Å². The first-order chi connectivity index (χ1) is 9.92. The van der Waals surface area contributed by atoms with Crippen molar-refractivity contribution in [2.75, 3.05) is 32.7 Å². The molecule has 2 aliphatic heterocycles. The van der Waals surface area contributed by atoms with E-state index in [1.54, 1.807) is 0 Å². The maximum absolute atomic E-state index is 13.0. The molecular formula is C16H33Cl2N3O2. The van der Waals surface area contributed by atoms with E-state index in [2.05, 4.69) is 32.6 Å². The summed E-state index contributed by atoms with van der Waals surface area (Å²) in [5.74, 6) is 1.07. The SMILES string of the molecule is CC1CN(C(C(=O)N2CCC(CN)C2)C(C)C)CC(C)O1.Cl.Cl. The molecular weight excluding hydrogens is 337 g/mol. The quantitative estimate of drug-likeness (QED) is 0.820. The molecule has 1 amide bonds. The lowest BCUT2D eigenvalue weighted by atomic mass is 9.99. The van der Waals surface area contributed by atoms with Crippen molar-refractivity contribution in [1.29, 1.82) is 0 Å². The fourth-order valence-electron chi connectivity index (χ4n) is 3.72. The van der Waals surface area contributed by atoms with Gasteiger partial charge in [0.2, 0.25) is 5.91 Å². The lowest BCUT2D eigenvalue weighted by molar-refractivity contribution is -0.144. The van der Waals surface area contributed by atoms with Crippen LogP contribution in [0.15, 0.2) is 0 Å². The first-order valence-electron chi connectivity index (χ1n) is 8.30. The van der Waals surface area contributed by atoms with Gasteiger partial charge in [-0.15, -0.1) is 24.8 Å². The van der Waals surface area contributed by atoms with Gasteiger partial charge >= 0.3 is 0 Å². The second-order valence-corrected chi connectivity index (χ2v) is 7.07. The Hall–Kier alpha value is -0.0700. The predicted octanol–water partition coefficient (Wildman–Crippen LogP) is 1.77. The van der Waals surface area contributed by atoms with Crippen molar-refractivity contribution >= 4 is 30.7 Å². The van der Waals surface area contributed by atoms with Gasteiger partial charge in [-0.2, -0.15) is 0 Å². The first kappa shape index (κ1) is 22.9. The van der Waals surface area contributed by atoms with Gasteiger partial charge in [-0.1, -0.05) is 13.8 Å². The number of morpholine rings is 1. The van der Waals surface area contributed by atoms with Crippen LogP contribution in [0, 0.1) is 11.8 Å². The van der Waals surface area contributed by atoms with Crippen molar-refractivity contribution in [3.05, 3.63) is 0 Å². The van der Waals surface area contributed by atoms with Crippen LogP contribution in [0.25, 0.3) is 0 Å². The van der Waals surface area contributed by atoms with Gasteiger partial charge in [0, 0.05) is 26.2 Å². The summed E-state index contributed by atoms with van der Waals surface area (Å²) in [4.78, 5) is 17.3. The summed E-state index contributed by atoms with van der Waals surface area (Å²) in [5, 5.41) is 0. The van der Waals surface area contributed by atoms with E-state index in [-0.39, 0.29) is 49.0 Å². The Kier molecular flexibility index (Phi) is 10.0. The monoisotopic (exact) mass is 369 g/mol. The van der Waals surface area contributed by atoms with Crippen molar-refractivity contribution in [1.82, 2.24) is 9.80 Å². The molecule has 5 nitrogen and oxygen atoms in total. The molecule has 7 heteroatoms. The second-order valence-electron chi connectivity index (χ2n) is 7.07. The highest BCUT2D eigenvalue weighted by Gasteiger charge is 2.38. The zero-order chi connectivity index (χ0) is 15.6. The van der Waals surface area contributed by atoms with Crippen molar-refractivity contribution in [2.45, 2.75) is 52.4 Å². The number of amides is 1. The highest BCUT2D eigenvalue weighted by atomic mass is 35.5. The summed E-state index contributed by atoms with van der Waals surface area (Å²) in [6.45, 7) is 12.5. The van der Waals surface area contributed by atoms with Crippen LogP contribution < -0.4 is 5.73 Å². The number of hydrogen-bond donors (Lipinski definition) is 1. The van der Waals surface area contributed by atoms with E-state index in [0.29, 0.717) is 18.4 Å². The maximum Gasteiger partial charge on any atom is 0.240 e. The lowest BCUT2D eigenvalue weighted by Crippen LogP contribution is -2.57. The number of likely N-dealkylation sites (tertiary alicyclic amines) is 1. The van der Waals surface area contributed by atoms with Crippen LogP contribution in [0.1, 0.15) is 34.1 Å². The van der Waals surface area contributed by atoms with E-state index < -0.39 is 0 Å². The summed E-state index contributed by atoms with van der Waals surface area (Å²) in [6, 6.07) is -0.0321. The van der Waals surface area contributed by atoms with Crippen LogP contribution in [0.2, 0.25) is 0 Å². The minimum atomic E-state index is -0.0321. The smallest absolute Gasteiger partial charge is 0.240 e. The second kappa shape index (κ2) is 10.0. The number of carbonyl (C=O) groups excluding carboxylic acids is 1.